The van der Waals surface area contributed by atoms with Gasteiger partial charge in [-0.15, -0.1) is 5.10 Å². The Morgan fingerprint density at radius 2 is 1.85 bits per heavy atom. The van der Waals surface area contributed by atoms with Crippen molar-refractivity contribution < 1.29 is 9.47 Å². The molecule has 180 valence electrons. The van der Waals surface area contributed by atoms with E-state index in [1.165, 1.54) is 4.57 Å². The maximum Gasteiger partial charge on any atom is 0.263 e. The lowest BCUT2D eigenvalue weighted by atomic mass is 9.78. The monoisotopic (exact) mass is 503 g/mol. The van der Waals surface area contributed by atoms with Crippen LogP contribution in [0, 0.1) is 19.3 Å². The second-order valence-electron chi connectivity index (χ2n) is 9.18. The molecule has 0 saturated carbocycles. The van der Waals surface area contributed by atoms with Crippen LogP contribution in [0.4, 0.5) is 5.82 Å². The molecule has 0 radical (unpaired) electrons. The summed E-state index contributed by atoms with van der Waals surface area (Å²) in [7, 11) is 1.80. The summed E-state index contributed by atoms with van der Waals surface area (Å²) in [6, 6.07) is 5.12. The molecule has 5 rings (SSSR count). The number of rotatable bonds is 4. The quantitative estimate of drug-likeness (QED) is 0.514. The van der Waals surface area contributed by atoms with Crippen LogP contribution in [-0.4, -0.2) is 45.6 Å². The van der Waals surface area contributed by atoms with Crippen molar-refractivity contribution in [3.63, 3.8) is 0 Å². The van der Waals surface area contributed by atoms with E-state index < -0.39 is 0 Å². The van der Waals surface area contributed by atoms with Gasteiger partial charge in [-0.3, -0.25) is 14.0 Å². The zero-order valence-corrected chi connectivity index (χ0v) is 21.0. The molecular weight excluding hydrogens is 477 g/mol. The molecule has 4 heterocycles. The fraction of sp³-hybridized carbons (Fsp3) is 0.458. The van der Waals surface area contributed by atoms with Crippen molar-refractivity contribution in [1.82, 2.24) is 19.3 Å². The number of aryl methyl sites for hydroxylation is 2. The van der Waals surface area contributed by atoms with Crippen LogP contribution in [0.2, 0.25) is 10.0 Å². The number of ether oxygens (including phenoxy) is 2. The van der Waals surface area contributed by atoms with Gasteiger partial charge in [0.05, 0.1) is 22.9 Å². The fourth-order valence-electron chi connectivity index (χ4n) is 4.86. The molecule has 0 unspecified atom stereocenters. The number of anilines is 1. The zero-order valence-electron chi connectivity index (χ0n) is 19.5. The van der Waals surface area contributed by atoms with Gasteiger partial charge in [-0.25, -0.2) is 4.98 Å². The van der Waals surface area contributed by atoms with Gasteiger partial charge < -0.3 is 14.4 Å². The third-order valence-electron chi connectivity index (χ3n) is 6.93. The van der Waals surface area contributed by atoms with E-state index >= 15 is 0 Å². The van der Waals surface area contributed by atoms with E-state index in [9.17, 15) is 4.79 Å². The van der Waals surface area contributed by atoms with E-state index in [-0.39, 0.29) is 21.0 Å². The molecule has 0 amide bonds. The van der Waals surface area contributed by atoms with Gasteiger partial charge in [0.15, 0.2) is 0 Å². The molecular formula is C24H27Cl2N5O3. The number of hydrogen-bond donors (Lipinski definition) is 0. The summed E-state index contributed by atoms with van der Waals surface area (Å²) in [6.45, 7) is 7.05. The molecule has 1 aromatic carbocycles. The van der Waals surface area contributed by atoms with Crippen LogP contribution in [0.5, 0.6) is 11.6 Å². The molecule has 2 aliphatic rings. The maximum atomic E-state index is 13.5. The van der Waals surface area contributed by atoms with E-state index in [1.807, 2.05) is 13.8 Å². The molecule has 0 aliphatic carbocycles. The van der Waals surface area contributed by atoms with Gasteiger partial charge in [0.25, 0.3) is 5.56 Å². The van der Waals surface area contributed by atoms with Crippen LogP contribution < -0.4 is 15.2 Å². The molecule has 0 bridgehead atoms. The largest absolute Gasteiger partial charge is 0.436 e. The lowest BCUT2D eigenvalue weighted by Crippen LogP contribution is -2.42. The van der Waals surface area contributed by atoms with Crippen molar-refractivity contribution in [2.75, 3.05) is 31.2 Å². The first kappa shape index (κ1) is 23.2. The van der Waals surface area contributed by atoms with Crippen LogP contribution >= 0.6 is 23.2 Å². The first-order valence-corrected chi connectivity index (χ1v) is 12.1. The summed E-state index contributed by atoms with van der Waals surface area (Å²) < 4.78 is 14.5. The third-order valence-corrected chi connectivity index (χ3v) is 7.78. The Hall–Kier alpha value is -2.55. The lowest BCUT2D eigenvalue weighted by molar-refractivity contribution is 0.133. The van der Waals surface area contributed by atoms with Crippen LogP contribution in [0.3, 0.4) is 0 Å². The van der Waals surface area contributed by atoms with Gasteiger partial charge >= 0.3 is 0 Å². The molecule has 2 fully saturated rings. The Labute approximate surface area is 208 Å². The highest BCUT2D eigenvalue weighted by atomic mass is 35.5. The summed E-state index contributed by atoms with van der Waals surface area (Å²) in [6.07, 6.45) is 4.99. The average molecular weight is 504 g/mol. The molecule has 2 aliphatic heterocycles. The van der Waals surface area contributed by atoms with Crippen LogP contribution in [-0.2, 0) is 11.8 Å². The second-order valence-corrected chi connectivity index (χ2v) is 9.93. The van der Waals surface area contributed by atoms with Crippen molar-refractivity contribution in [3.05, 3.63) is 56.2 Å². The highest BCUT2D eigenvalue weighted by molar-refractivity contribution is 6.44. The summed E-state index contributed by atoms with van der Waals surface area (Å²) in [5.74, 6) is 2.05. The van der Waals surface area contributed by atoms with Gasteiger partial charge in [-0.1, -0.05) is 23.2 Å². The minimum absolute atomic E-state index is 0.164. The first-order valence-electron chi connectivity index (χ1n) is 11.4. The second kappa shape index (κ2) is 8.91. The zero-order chi connectivity index (χ0) is 24.0. The highest BCUT2D eigenvalue weighted by Crippen LogP contribution is 2.41. The molecule has 10 heteroatoms. The number of aromatic nitrogens is 4. The molecule has 0 N–H and O–H groups in total. The first-order chi connectivity index (χ1) is 16.3. The van der Waals surface area contributed by atoms with Gasteiger partial charge in [0.1, 0.15) is 22.4 Å². The lowest BCUT2D eigenvalue weighted by Gasteiger charge is -2.39. The maximum absolute atomic E-state index is 13.5. The van der Waals surface area contributed by atoms with Crippen LogP contribution in [0.25, 0.3) is 5.69 Å². The topological polar surface area (TPSA) is 74.4 Å². The summed E-state index contributed by atoms with van der Waals surface area (Å²) >= 11 is 13.1. The van der Waals surface area contributed by atoms with Gasteiger partial charge in [0, 0.05) is 39.0 Å². The van der Waals surface area contributed by atoms with Gasteiger partial charge in [-0.2, -0.15) is 0 Å². The number of halogens is 2. The summed E-state index contributed by atoms with van der Waals surface area (Å²) in [5.41, 5.74) is 1.18. The minimum atomic E-state index is -0.164. The molecule has 0 atom stereocenters. The van der Waals surface area contributed by atoms with Crippen molar-refractivity contribution >= 4 is 29.0 Å². The van der Waals surface area contributed by atoms with E-state index in [0.29, 0.717) is 28.7 Å². The van der Waals surface area contributed by atoms with Gasteiger partial charge in [0.2, 0.25) is 5.88 Å². The smallest absolute Gasteiger partial charge is 0.263 e. The van der Waals surface area contributed by atoms with Crippen LogP contribution in [0.15, 0.2) is 29.2 Å². The highest BCUT2D eigenvalue weighted by Gasteiger charge is 2.38. The summed E-state index contributed by atoms with van der Waals surface area (Å²) in [4.78, 5) is 20.5. The van der Waals surface area contributed by atoms with Gasteiger partial charge in [-0.05, 0) is 50.7 Å². The van der Waals surface area contributed by atoms with E-state index in [2.05, 4.69) is 10.00 Å². The van der Waals surface area contributed by atoms with E-state index in [4.69, 9.17) is 37.7 Å². The molecule has 8 nitrogen and oxygen atoms in total. The number of hydrogen-bond acceptors (Lipinski definition) is 6. The van der Waals surface area contributed by atoms with E-state index in [1.54, 1.807) is 36.1 Å². The summed E-state index contributed by atoms with van der Waals surface area (Å²) in [5, 5.41) is 4.61. The fourth-order valence-corrected chi connectivity index (χ4v) is 5.30. The predicted molar refractivity (Wildman–Crippen MR) is 132 cm³/mol. The molecule has 3 aromatic rings. The third kappa shape index (κ3) is 4.08. The SMILES string of the molecule is Cc1c(N2CCC3(CCOC3)CC2)nc(C)n(-c2ccc(Oc3ccn(C)n3)c(Cl)c2Cl)c1=O. The normalized spacial score (nSPS) is 17.5. The Morgan fingerprint density at radius 1 is 1.09 bits per heavy atom. The Bertz CT molecular complexity index is 1290. The van der Waals surface area contributed by atoms with Crippen molar-refractivity contribution in [2.24, 2.45) is 12.5 Å². The molecule has 34 heavy (non-hydrogen) atoms. The Balaban J connectivity index is 1.45. The van der Waals surface area contributed by atoms with Crippen molar-refractivity contribution in [2.45, 2.75) is 33.1 Å². The average Bonchev–Trinajstić information content (AvgIpc) is 3.45. The Kier molecular flexibility index (Phi) is 6.08. The van der Waals surface area contributed by atoms with Crippen LogP contribution in [0.1, 0.15) is 30.7 Å². The number of benzene rings is 1. The predicted octanol–water partition coefficient (Wildman–Crippen LogP) is 4.69. The molecule has 1 spiro atoms. The van der Waals surface area contributed by atoms with Crippen molar-refractivity contribution in [3.8, 4) is 17.3 Å². The Morgan fingerprint density at radius 3 is 2.50 bits per heavy atom. The number of nitrogens with zero attached hydrogens (tertiary/aromatic N) is 5. The van der Waals surface area contributed by atoms with Crippen molar-refractivity contribution in [1.29, 1.82) is 0 Å². The number of piperidine rings is 1. The molecule has 2 aromatic heterocycles. The molecule has 2 saturated heterocycles. The van der Waals surface area contributed by atoms with E-state index in [0.717, 1.165) is 51.4 Å². The minimum Gasteiger partial charge on any atom is -0.436 e. The standard InChI is InChI=1S/C24H27Cl2N5O3/c1-15-22(30-11-7-24(8-12-30)9-13-33-14-24)27-16(2)31(23(15)32)17-4-5-18(21(26)20(17)25)34-19-6-10-29(3)28-19/h4-6,10H,7-9,11-14H2,1-3H3.